The highest BCUT2D eigenvalue weighted by Crippen LogP contribution is 2.39. The van der Waals surface area contributed by atoms with Crippen LogP contribution < -0.4 is 19.9 Å². The van der Waals surface area contributed by atoms with Gasteiger partial charge in [-0.15, -0.1) is 0 Å². The number of likely N-dealkylation sites (tertiary alicyclic amines) is 1. The summed E-state index contributed by atoms with van der Waals surface area (Å²) in [5.74, 6) is 1.77. The number of methoxy groups -OCH3 is 1. The molecule has 0 radical (unpaired) electrons. The van der Waals surface area contributed by atoms with E-state index in [-0.39, 0.29) is 11.8 Å². The average Bonchev–Trinajstić information content (AvgIpc) is 3.10. The number of hydrogen-bond donors (Lipinski definition) is 1. The van der Waals surface area contributed by atoms with E-state index in [1.54, 1.807) is 25.1 Å². The fraction of sp³-hybridized carbons (Fsp3) is 0.406. The molecule has 2 aromatic carbocycles. The molecule has 0 saturated carbocycles. The van der Waals surface area contributed by atoms with Crippen molar-refractivity contribution in [1.29, 1.82) is 0 Å². The summed E-state index contributed by atoms with van der Waals surface area (Å²) in [6, 6.07) is 17.4. The number of hydrogen-bond acceptors (Lipinski definition) is 8. The largest absolute Gasteiger partial charge is 0.495 e. The number of pyridine rings is 1. The van der Waals surface area contributed by atoms with Gasteiger partial charge in [0.05, 0.1) is 29.7 Å². The lowest BCUT2D eigenvalue weighted by Gasteiger charge is -2.42. The number of piperidine rings is 1. The van der Waals surface area contributed by atoms with Crippen LogP contribution in [0.25, 0.3) is 0 Å². The van der Waals surface area contributed by atoms with Crippen molar-refractivity contribution in [3.05, 3.63) is 65.7 Å². The van der Waals surface area contributed by atoms with E-state index in [2.05, 4.69) is 22.2 Å². The van der Waals surface area contributed by atoms with Crippen LogP contribution in [0, 0.1) is 0 Å². The van der Waals surface area contributed by atoms with E-state index in [0.29, 0.717) is 45.9 Å². The smallest absolute Gasteiger partial charge is 0.260 e. The molecule has 3 aromatic rings. The number of aromatic nitrogens is 1. The van der Waals surface area contributed by atoms with Crippen molar-refractivity contribution in [2.45, 2.75) is 18.9 Å². The summed E-state index contributed by atoms with van der Waals surface area (Å²) in [6.45, 7) is 5.60. The Morgan fingerprint density at radius 2 is 1.62 bits per heavy atom. The molecule has 1 N–H and O–H groups in total. The van der Waals surface area contributed by atoms with Gasteiger partial charge in [0.15, 0.2) is 5.82 Å². The second-order valence-corrected chi connectivity index (χ2v) is 11.4. The van der Waals surface area contributed by atoms with Gasteiger partial charge in [0, 0.05) is 51.9 Å². The molecule has 1 aromatic heterocycles. The molecule has 6 rings (SSSR count). The number of anilines is 5. The molecule has 42 heavy (non-hydrogen) atoms. The van der Waals surface area contributed by atoms with Gasteiger partial charge in [-0.3, -0.25) is 14.5 Å². The first-order valence-electron chi connectivity index (χ1n) is 14.6. The van der Waals surface area contributed by atoms with Gasteiger partial charge in [-0.1, -0.05) is 12.1 Å². The normalized spacial score (nSPS) is 18.4. The van der Waals surface area contributed by atoms with Crippen LogP contribution in [0.2, 0.25) is 0 Å². The minimum absolute atomic E-state index is 0.0269. The molecule has 0 unspecified atom stereocenters. The molecule has 10 heteroatoms. The number of fused-ring (bicyclic) bond motifs is 2. The molecule has 0 aliphatic carbocycles. The highest BCUT2D eigenvalue weighted by atomic mass is 16.5. The number of nitrogens with zero attached hydrogens (tertiary/aromatic N) is 6. The minimum atomic E-state index is -0.0798. The Hall–Kier alpha value is -4.15. The number of rotatable bonds is 5. The van der Waals surface area contributed by atoms with Crippen LogP contribution in [0.1, 0.15) is 33.6 Å². The molecule has 0 spiro atoms. The Labute approximate surface area is 247 Å². The first kappa shape index (κ1) is 28.0. The highest BCUT2D eigenvalue weighted by Gasteiger charge is 2.30. The van der Waals surface area contributed by atoms with E-state index in [1.165, 1.54) is 12.8 Å². The predicted molar refractivity (Wildman–Crippen MR) is 166 cm³/mol. The van der Waals surface area contributed by atoms with Gasteiger partial charge in [0.2, 0.25) is 0 Å². The summed E-state index contributed by atoms with van der Waals surface area (Å²) in [4.78, 5) is 41.9. The van der Waals surface area contributed by atoms with E-state index in [9.17, 15) is 9.59 Å². The van der Waals surface area contributed by atoms with Crippen LogP contribution in [0.5, 0.6) is 5.75 Å². The third-order valence-electron chi connectivity index (χ3n) is 8.85. The first-order valence-corrected chi connectivity index (χ1v) is 14.6. The third-order valence-corrected chi connectivity index (χ3v) is 8.85. The molecule has 4 heterocycles. The number of piperazine rings is 1. The third kappa shape index (κ3) is 5.28. The Kier molecular flexibility index (Phi) is 7.74. The topological polar surface area (TPSA) is 84.5 Å². The summed E-state index contributed by atoms with van der Waals surface area (Å²) in [5.41, 5.74) is 3.45. The maximum Gasteiger partial charge on any atom is 0.260 e. The van der Waals surface area contributed by atoms with Gasteiger partial charge in [-0.05, 0) is 75.4 Å². The molecular weight excluding hydrogens is 530 g/mol. The van der Waals surface area contributed by atoms with Gasteiger partial charge >= 0.3 is 0 Å². The Balaban J connectivity index is 1.17. The molecule has 2 amide bonds. The van der Waals surface area contributed by atoms with E-state index >= 15 is 0 Å². The van der Waals surface area contributed by atoms with E-state index in [1.807, 2.05) is 65.4 Å². The summed E-state index contributed by atoms with van der Waals surface area (Å²) in [7, 11) is 7.46. The van der Waals surface area contributed by atoms with Gasteiger partial charge < -0.3 is 29.7 Å². The summed E-state index contributed by atoms with van der Waals surface area (Å²) in [6.07, 6.45) is 2.40. The number of amides is 2. The lowest BCUT2D eigenvalue weighted by Crippen LogP contribution is -2.54. The van der Waals surface area contributed by atoms with Crippen molar-refractivity contribution in [3.63, 3.8) is 0 Å². The number of para-hydroxylation sites is 1. The van der Waals surface area contributed by atoms with Crippen LogP contribution in [0.4, 0.5) is 28.7 Å². The van der Waals surface area contributed by atoms with Crippen molar-refractivity contribution in [2.24, 2.45) is 0 Å². The maximum absolute atomic E-state index is 13.4. The van der Waals surface area contributed by atoms with Crippen LogP contribution in [-0.4, -0.2) is 105 Å². The zero-order valence-electron chi connectivity index (χ0n) is 24.8. The first-order chi connectivity index (χ1) is 20.3. The zero-order chi connectivity index (χ0) is 29.4. The van der Waals surface area contributed by atoms with Crippen LogP contribution >= 0.6 is 0 Å². The predicted octanol–water partition coefficient (Wildman–Crippen LogP) is 4.04. The quantitative estimate of drug-likeness (QED) is 0.493. The average molecular weight is 570 g/mol. The van der Waals surface area contributed by atoms with E-state index in [0.717, 1.165) is 45.0 Å². The number of nitrogens with one attached hydrogen (secondary N) is 1. The lowest BCUT2D eigenvalue weighted by molar-refractivity contribution is 0.0475. The monoisotopic (exact) mass is 569 g/mol. The number of carbonyl (C=O) groups is 2. The molecule has 2 saturated heterocycles. The summed E-state index contributed by atoms with van der Waals surface area (Å²) < 4.78 is 5.70. The SMILES string of the molecule is COc1cc(C(=O)N2CCN(C3CCN(C)CC3)CC2)ccc1Nc1ccc2c(n1)N(C)c1ccccc1C(=O)N2C. The zero-order valence-corrected chi connectivity index (χ0v) is 24.8. The standard InChI is InChI=1S/C32H39N7O3/c1-35-15-13-23(14-16-35)38-17-19-39(20-18-38)31(40)22-9-10-25(28(21-22)42-4)33-29-12-11-27-30(34-29)36(2)26-8-6-5-7-24(26)32(41)37(27)3/h5-12,21,23H,13-20H2,1-4H3,(H,33,34). The fourth-order valence-corrected chi connectivity index (χ4v) is 6.27. The minimum Gasteiger partial charge on any atom is -0.495 e. The van der Waals surface area contributed by atoms with Crippen LogP contribution in [0.3, 0.4) is 0 Å². The van der Waals surface area contributed by atoms with Gasteiger partial charge in [0.25, 0.3) is 11.8 Å². The van der Waals surface area contributed by atoms with Crippen molar-refractivity contribution in [1.82, 2.24) is 19.7 Å². The molecule has 0 atom stereocenters. The summed E-state index contributed by atoms with van der Waals surface area (Å²) >= 11 is 0. The van der Waals surface area contributed by atoms with Crippen LogP contribution in [-0.2, 0) is 0 Å². The van der Waals surface area contributed by atoms with Crippen molar-refractivity contribution >= 4 is 40.5 Å². The van der Waals surface area contributed by atoms with Crippen molar-refractivity contribution in [3.8, 4) is 5.75 Å². The molecule has 10 nitrogen and oxygen atoms in total. The summed E-state index contributed by atoms with van der Waals surface area (Å²) in [5, 5.41) is 3.35. The highest BCUT2D eigenvalue weighted by molar-refractivity contribution is 6.13. The van der Waals surface area contributed by atoms with Crippen LogP contribution in [0.15, 0.2) is 54.6 Å². The van der Waals surface area contributed by atoms with Crippen molar-refractivity contribution < 1.29 is 14.3 Å². The molecule has 220 valence electrons. The second-order valence-electron chi connectivity index (χ2n) is 11.4. The fourth-order valence-electron chi connectivity index (χ4n) is 6.27. The van der Waals surface area contributed by atoms with E-state index in [4.69, 9.17) is 9.72 Å². The maximum atomic E-state index is 13.4. The lowest BCUT2D eigenvalue weighted by atomic mass is 10.0. The van der Waals surface area contributed by atoms with Gasteiger partial charge in [0.1, 0.15) is 11.6 Å². The molecule has 2 fully saturated rings. The Morgan fingerprint density at radius 3 is 2.36 bits per heavy atom. The molecule has 3 aliphatic heterocycles. The molecule has 3 aliphatic rings. The van der Waals surface area contributed by atoms with Crippen molar-refractivity contribution in [2.75, 3.05) is 82.6 Å². The number of ether oxygens (including phenoxy) is 1. The van der Waals surface area contributed by atoms with Gasteiger partial charge in [-0.2, -0.15) is 0 Å². The molecule has 0 bridgehead atoms. The van der Waals surface area contributed by atoms with Gasteiger partial charge in [-0.25, -0.2) is 4.98 Å². The second kappa shape index (κ2) is 11.6. The number of carbonyl (C=O) groups excluding carboxylic acids is 2. The Bertz CT molecular complexity index is 1480. The molecular formula is C32H39N7O3. The van der Waals surface area contributed by atoms with E-state index < -0.39 is 0 Å². The Morgan fingerprint density at radius 1 is 0.881 bits per heavy atom. The number of benzene rings is 2.